The first-order chi connectivity index (χ1) is 15.1. The smallest absolute Gasteiger partial charge is 0.263 e. The van der Waals surface area contributed by atoms with Crippen molar-refractivity contribution in [3.63, 3.8) is 0 Å². The first-order valence-corrected chi connectivity index (χ1v) is 13.4. The van der Waals surface area contributed by atoms with Crippen molar-refractivity contribution in [1.29, 1.82) is 0 Å². The summed E-state index contributed by atoms with van der Waals surface area (Å²) in [7, 11) is 0. The average Bonchev–Trinajstić information content (AvgIpc) is 3.29. The predicted molar refractivity (Wildman–Crippen MR) is 127 cm³/mol. The molecule has 1 amide bonds. The zero-order chi connectivity index (χ0) is 21.8. The molecule has 0 radical (unpaired) electrons. The molecule has 6 nitrogen and oxygen atoms in total. The van der Waals surface area contributed by atoms with Crippen LogP contribution in [0.1, 0.15) is 68.7 Å². The second-order valence-corrected chi connectivity index (χ2v) is 10.8. The third-order valence-electron chi connectivity index (χ3n) is 6.39. The van der Waals surface area contributed by atoms with Crippen LogP contribution in [-0.4, -0.2) is 40.0 Å². The Bertz CT molecular complexity index is 971. The lowest BCUT2D eigenvalue weighted by molar-refractivity contribution is -0.119. The van der Waals surface area contributed by atoms with Crippen molar-refractivity contribution in [3.05, 3.63) is 20.8 Å². The Balaban J connectivity index is 1.56. The van der Waals surface area contributed by atoms with Crippen molar-refractivity contribution in [2.75, 3.05) is 12.4 Å². The molecule has 8 heteroatoms. The number of thiophene rings is 1. The molecule has 170 valence electrons. The second kappa shape index (κ2) is 10.5. The number of fused-ring (bicyclic) bond motifs is 1. The first-order valence-electron chi connectivity index (χ1n) is 11.6. The lowest BCUT2D eigenvalue weighted by atomic mass is 10.1. The number of nitrogens with one attached hydrogen (secondary N) is 1. The molecule has 0 aromatic carbocycles. The van der Waals surface area contributed by atoms with Crippen molar-refractivity contribution in [1.82, 2.24) is 14.9 Å². The summed E-state index contributed by atoms with van der Waals surface area (Å²) in [5.74, 6) is 0.317. The minimum absolute atomic E-state index is 0.00776. The number of nitrogens with zero attached hydrogens (tertiary/aromatic N) is 2. The van der Waals surface area contributed by atoms with Crippen LogP contribution in [0.2, 0.25) is 0 Å². The van der Waals surface area contributed by atoms with Crippen molar-refractivity contribution in [2.45, 2.75) is 95.5 Å². The van der Waals surface area contributed by atoms with Crippen LogP contribution in [-0.2, 0) is 22.5 Å². The van der Waals surface area contributed by atoms with Gasteiger partial charge in [0.25, 0.3) is 5.56 Å². The molecular weight excluding hydrogens is 430 g/mol. The summed E-state index contributed by atoms with van der Waals surface area (Å²) in [5.41, 5.74) is 1.11. The zero-order valence-corrected chi connectivity index (χ0v) is 20.2. The summed E-state index contributed by atoms with van der Waals surface area (Å²) in [6.07, 6.45) is 9.89. The SMILES string of the molecule is CCc1c(C)sc2nc(SCC(=O)NC3CCCCCC3)n(CC3CCCO3)c(=O)c12. The van der Waals surface area contributed by atoms with Gasteiger partial charge >= 0.3 is 0 Å². The van der Waals surface area contributed by atoms with Gasteiger partial charge in [-0.3, -0.25) is 14.2 Å². The predicted octanol–water partition coefficient (Wildman–Crippen LogP) is 4.44. The molecule has 4 rings (SSSR count). The molecule has 31 heavy (non-hydrogen) atoms. The summed E-state index contributed by atoms with van der Waals surface area (Å²) < 4.78 is 7.56. The van der Waals surface area contributed by atoms with Gasteiger partial charge in [-0.1, -0.05) is 44.4 Å². The Labute approximate surface area is 192 Å². The lowest BCUT2D eigenvalue weighted by Crippen LogP contribution is -2.36. The largest absolute Gasteiger partial charge is 0.376 e. The van der Waals surface area contributed by atoms with Gasteiger partial charge < -0.3 is 10.1 Å². The number of aryl methyl sites for hydroxylation is 2. The topological polar surface area (TPSA) is 73.2 Å². The number of amides is 1. The maximum absolute atomic E-state index is 13.5. The van der Waals surface area contributed by atoms with E-state index < -0.39 is 0 Å². The molecule has 1 aliphatic heterocycles. The Hall–Kier alpha value is -1.38. The van der Waals surface area contributed by atoms with E-state index in [0.717, 1.165) is 59.4 Å². The van der Waals surface area contributed by atoms with Gasteiger partial charge in [-0.05, 0) is 44.6 Å². The fraction of sp³-hybridized carbons (Fsp3) is 0.696. The van der Waals surface area contributed by atoms with E-state index in [2.05, 4.69) is 19.2 Å². The van der Waals surface area contributed by atoms with Crippen molar-refractivity contribution in [3.8, 4) is 0 Å². The van der Waals surface area contributed by atoms with Crippen LogP contribution < -0.4 is 10.9 Å². The van der Waals surface area contributed by atoms with Gasteiger partial charge in [-0.15, -0.1) is 11.3 Å². The number of carbonyl (C=O) groups excluding carboxylic acids is 1. The molecule has 1 aliphatic carbocycles. The van der Waals surface area contributed by atoms with E-state index in [1.807, 2.05) is 0 Å². The van der Waals surface area contributed by atoms with E-state index >= 15 is 0 Å². The Kier molecular flexibility index (Phi) is 7.72. The van der Waals surface area contributed by atoms with Crippen LogP contribution in [0.4, 0.5) is 0 Å². The number of rotatable bonds is 7. The van der Waals surface area contributed by atoms with Crippen LogP contribution in [0.3, 0.4) is 0 Å². The summed E-state index contributed by atoms with van der Waals surface area (Å²) >= 11 is 2.95. The quantitative estimate of drug-likeness (QED) is 0.373. The Morgan fingerprint density at radius 2 is 2.00 bits per heavy atom. The van der Waals surface area contributed by atoms with Crippen LogP contribution in [0.5, 0.6) is 0 Å². The van der Waals surface area contributed by atoms with E-state index in [1.54, 1.807) is 15.9 Å². The fourth-order valence-electron chi connectivity index (χ4n) is 4.74. The van der Waals surface area contributed by atoms with Gasteiger partial charge in [0.2, 0.25) is 5.91 Å². The molecule has 2 fully saturated rings. The molecule has 3 heterocycles. The third-order valence-corrected chi connectivity index (χ3v) is 8.41. The zero-order valence-electron chi connectivity index (χ0n) is 18.6. The molecule has 1 N–H and O–H groups in total. The van der Waals surface area contributed by atoms with Gasteiger partial charge in [0.05, 0.1) is 23.8 Å². The Morgan fingerprint density at radius 1 is 1.23 bits per heavy atom. The molecule has 1 saturated heterocycles. The number of thioether (sulfide) groups is 1. The number of carbonyl (C=O) groups is 1. The Morgan fingerprint density at radius 3 is 2.68 bits per heavy atom. The van der Waals surface area contributed by atoms with Gasteiger partial charge in [-0.25, -0.2) is 4.98 Å². The summed E-state index contributed by atoms with van der Waals surface area (Å²) in [4.78, 5) is 32.9. The van der Waals surface area contributed by atoms with Crippen molar-refractivity contribution in [2.24, 2.45) is 0 Å². The minimum atomic E-state index is 0.00776. The normalized spacial score (nSPS) is 20.3. The molecule has 2 aliphatic rings. The highest BCUT2D eigenvalue weighted by Crippen LogP contribution is 2.30. The second-order valence-electron chi connectivity index (χ2n) is 8.66. The molecule has 1 saturated carbocycles. The third kappa shape index (κ3) is 5.34. The number of aromatic nitrogens is 2. The molecule has 1 unspecified atom stereocenters. The summed E-state index contributed by atoms with van der Waals surface area (Å²) in [5, 5.41) is 4.58. The van der Waals surface area contributed by atoms with E-state index in [-0.39, 0.29) is 29.4 Å². The highest BCUT2D eigenvalue weighted by molar-refractivity contribution is 7.99. The van der Waals surface area contributed by atoms with Crippen molar-refractivity contribution >= 4 is 39.2 Å². The van der Waals surface area contributed by atoms with Gasteiger partial charge in [0.15, 0.2) is 5.16 Å². The molecule has 0 bridgehead atoms. The van der Waals surface area contributed by atoms with Crippen molar-refractivity contribution < 1.29 is 9.53 Å². The minimum Gasteiger partial charge on any atom is -0.376 e. The van der Waals surface area contributed by atoms with Crippen LogP contribution in [0.15, 0.2) is 9.95 Å². The van der Waals surface area contributed by atoms with Gasteiger partial charge in [0, 0.05) is 17.5 Å². The number of hydrogen-bond donors (Lipinski definition) is 1. The van der Waals surface area contributed by atoms with E-state index in [0.29, 0.717) is 11.7 Å². The highest BCUT2D eigenvalue weighted by Gasteiger charge is 2.23. The summed E-state index contributed by atoms with van der Waals surface area (Å²) in [6.45, 7) is 5.40. The van der Waals surface area contributed by atoms with Gasteiger partial charge in [0.1, 0.15) is 4.83 Å². The maximum atomic E-state index is 13.5. The highest BCUT2D eigenvalue weighted by atomic mass is 32.2. The van der Waals surface area contributed by atoms with E-state index in [1.165, 1.54) is 37.4 Å². The molecule has 0 spiro atoms. The van der Waals surface area contributed by atoms with Crippen LogP contribution >= 0.6 is 23.1 Å². The molecular formula is C23H33N3O3S2. The standard InChI is InChI=1S/C23H33N3O3S2/c1-3-18-15(2)31-21-20(18)22(28)26(13-17-11-8-12-29-17)23(25-21)30-14-19(27)24-16-9-6-4-5-7-10-16/h16-17H,3-14H2,1-2H3,(H,24,27). The van der Waals surface area contributed by atoms with Crippen LogP contribution in [0.25, 0.3) is 10.2 Å². The lowest BCUT2D eigenvalue weighted by Gasteiger charge is -2.18. The van der Waals surface area contributed by atoms with E-state index in [4.69, 9.17) is 9.72 Å². The number of hydrogen-bond acceptors (Lipinski definition) is 6. The monoisotopic (exact) mass is 463 g/mol. The fourth-order valence-corrected chi connectivity index (χ4v) is 6.72. The van der Waals surface area contributed by atoms with E-state index in [9.17, 15) is 9.59 Å². The molecule has 2 aromatic rings. The van der Waals surface area contributed by atoms with Gasteiger partial charge in [-0.2, -0.15) is 0 Å². The number of ether oxygens (including phenoxy) is 1. The maximum Gasteiger partial charge on any atom is 0.263 e. The summed E-state index contributed by atoms with van der Waals surface area (Å²) in [6, 6.07) is 0.284. The average molecular weight is 464 g/mol. The first kappa shape index (κ1) is 22.8. The molecule has 2 aromatic heterocycles. The molecule has 1 atom stereocenters. The van der Waals surface area contributed by atoms with Crippen LogP contribution in [0, 0.1) is 6.92 Å².